The fourth-order valence-electron chi connectivity index (χ4n) is 13.7. The summed E-state index contributed by atoms with van der Waals surface area (Å²) in [6.07, 6.45) is 26.1. The van der Waals surface area contributed by atoms with Gasteiger partial charge in [0, 0.05) is 94.5 Å². The van der Waals surface area contributed by atoms with E-state index in [0.717, 1.165) is 75.5 Å². The van der Waals surface area contributed by atoms with E-state index in [1.54, 1.807) is 68.6 Å². The normalized spacial score (nSPS) is 12.9. The zero-order valence-corrected chi connectivity index (χ0v) is 74.9. The van der Waals surface area contributed by atoms with E-state index in [9.17, 15) is 19.2 Å². The third-order valence-electron chi connectivity index (χ3n) is 16.3. The van der Waals surface area contributed by atoms with Crippen molar-refractivity contribution in [3.05, 3.63) is 178 Å². The molecule has 0 aliphatic heterocycles. The van der Waals surface area contributed by atoms with Crippen LogP contribution in [0.25, 0.3) is 44.0 Å². The van der Waals surface area contributed by atoms with Gasteiger partial charge in [-0.2, -0.15) is 20.4 Å². The van der Waals surface area contributed by atoms with E-state index in [4.69, 9.17) is 59.0 Å². The molecule has 2 aliphatic carbocycles. The van der Waals surface area contributed by atoms with Crippen LogP contribution in [0.2, 0.25) is 15.1 Å². The Hall–Kier alpha value is -3.79. The minimum absolute atomic E-state index is 0. The van der Waals surface area contributed by atoms with Gasteiger partial charge in [0.2, 0.25) is 0 Å². The molecule has 11 rings (SSSR count). The van der Waals surface area contributed by atoms with Crippen molar-refractivity contribution < 1.29 is 57.3 Å². The molecule has 6 aromatic heterocycles. The molecule has 0 bridgehead atoms. The van der Waals surface area contributed by atoms with Gasteiger partial charge >= 0.3 is 58.0 Å². The van der Waals surface area contributed by atoms with Crippen LogP contribution in [0.4, 0.5) is 0 Å². The molecular formula is C77H106BrCl5FeN10O5P2PdS2+2. The molecular weight excluding hydrogens is 1690 g/mol. The van der Waals surface area contributed by atoms with Crippen molar-refractivity contribution in [2.45, 2.75) is 227 Å². The fourth-order valence-corrected chi connectivity index (χ4v) is 27.9. The molecule has 1 N–H and O–H groups in total. The standard InChI is InChI=1S/C20H17ClN4OS2.2C13H27P.C12H11ClN2O.C11H9ClN2O2.C6H7BrN2O.2CH3.2ClH.Fe.Pd/c1-12-20(28-13(2)23-12)18-11-27-19(24-18)7-15(26)10-25-9-14(8-22-25)16-5-3-4-6-17(16)21;2*1-12(2,3)14(13(4,5)6)11-9-7-8-10-11;1-9(16)7-15-8-10(6-14-15)11-4-2-3-5-12(11)13;12-10-4-2-1-3-9(10)8-5-13-14(6-8)7-11(15)16;1-5(10)3-9-4-6(7)2-8-9;;;;;;/h3-6,8-9,11H,7,10H2,1-2H3;2*11H,7-10H2,1-6H3;2-6,8H,7H2,1H3;1-6H,7H2,(H,15,16);2,4H,3H2,1H3;2*1H3;2*1H;;/q;;;;;;2*-1;;;2*+2. The number of Topliss-reactive ketones (excluding diaryl/α,β-unsaturated/α-hetero) is 3. The van der Waals surface area contributed by atoms with Crippen LogP contribution >= 0.6 is 108 Å². The monoisotopic (exact) mass is 1790 g/mol. The number of benzene rings is 3. The summed E-state index contributed by atoms with van der Waals surface area (Å²) in [7, 11) is 9.12. The topological polar surface area (TPSA) is 186 Å². The van der Waals surface area contributed by atoms with Gasteiger partial charge < -0.3 is 20.0 Å². The molecule has 9 aromatic rings. The molecule has 574 valence electrons. The largest absolute Gasteiger partial charge is 2.00 e. The molecule has 0 unspecified atom stereocenters. The SMILES string of the molecule is CC(=O)Cn1cc(-c2ccccc2Cl)cn1.CC(=O)Cn1cc(Br)cn1.CC(C)(C)[PH+](C1CCCC1)C(C)(C)C.CC(C)(C)[PH+](C1CCCC1)C(C)(C)C.Cc1nc(C)c(-c2csc(CC(=O)Cn3cc(-c4ccccc4Cl)cn3)n2)s1.O=C(O)Cn1cc(-c2ccccc2Cl)cn1.[CH3-].[CH3-].[Cl][Pd][Cl].[Fe+2]. The number of hydrogen-bond acceptors (Lipinski definition) is 12. The Morgan fingerprint density at radius 2 is 0.885 bits per heavy atom. The number of aromatic nitrogens is 10. The van der Waals surface area contributed by atoms with Crippen molar-refractivity contribution in [1.82, 2.24) is 49.1 Å². The first-order chi connectivity index (χ1) is 47.4. The van der Waals surface area contributed by atoms with Crippen molar-refractivity contribution in [2.75, 3.05) is 0 Å². The van der Waals surface area contributed by atoms with Crippen LogP contribution in [0, 0.1) is 28.7 Å². The number of carboxylic acids is 1. The molecule has 3 aromatic carbocycles. The maximum Gasteiger partial charge on any atom is 2.00 e. The predicted octanol–water partition coefficient (Wildman–Crippen LogP) is 23.3. The summed E-state index contributed by atoms with van der Waals surface area (Å²) in [6, 6.07) is 22.5. The van der Waals surface area contributed by atoms with Crippen molar-refractivity contribution in [3.63, 3.8) is 0 Å². The van der Waals surface area contributed by atoms with Gasteiger partial charge in [-0.3, -0.25) is 37.9 Å². The minimum atomic E-state index is -0.922. The van der Waals surface area contributed by atoms with Crippen molar-refractivity contribution in [1.29, 1.82) is 0 Å². The van der Waals surface area contributed by atoms with Gasteiger partial charge in [-0.25, -0.2) is 9.97 Å². The molecule has 104 heavy (non-hydrogen) atoms. The second-order valence-corrected chi connectivity index (χ2v) is 45.1. The number of nitrogens with zero attached hydrogens (tertiary/aromatic N) is 10. The number of hydrogen-bond donors (Lipinski definition) is 1. The average Bonchev–Trinajstić information content (AvgIpc) is 1.52. The third-order valence-corrected chi connectivity index (χ3v) is 28.9. The van der Waals surface area contributed by atoms with E-state index in [2.05, 4.69) is 129 Å². The second kappa shape index (κ2) is 46.0. The Bertz CT molecular complexity index is 3900. The van der Waals surface area contributed by atoms with Crippen molar-refractivity contribution in [3.8, 4) is 44.0 Å². The first kappa shape index (κ1) is 96.3. The number of thiazole rings is 2. The minimum Gasteiger partial charge on any atom is 2.00 e. The summed E-state index contributed by atoms with van der Waals surface area (Å²) in [4.78, 5) is 54.6. The molecule has 0 atom stereocenters. The summed E-state index contributed by atoms with van der Waals surface area (Å²) in [5, 5.41) is 32.9. The molecule has 2 fully saturated rings. The molecule has 15 nitrogen and oxygen atoms in total. The molecule has 2 aliphatic rings. The van der Waals surface area contributed by atoms with Crippen LogP contribution in [0.5, 0.6) is 0 Å². The molecule has 6 heterocycles. The number of aliphatic carboxylic acids is 1. The Morgan fingerprint density at radius 3 is 1.19 bits per heavy atom. The molecule has 0 radical (unpaired) electrons. The number of halogens is 6. The molecule has 0 saturated heterocycles. The number of ketones is 3. The molecule has 0 spiro atoms. The van der Waals surface area contributed by atoms with E-state index in [1.807, 2.05) is 98.4 Å². The maximum atomic E-state index is 12.5. The van der Waals surface area contributed by atoms with Crippen LogP contribution in [0.3, 0.4) is 0 Å². The number of aryl methyl sites for hydroxylation is 2. The summed E-state index contributed by atoms with van der Waals surface area (Å²) < 4.78 is 7.11. The summed E-state index contributed by atoms with van der Waals surface area (Å²) in [5.41, 5.74) is 9.36. The number of rotatable bonds is 16. The van der Waals surface area contributed by atoms with Crippen LogP contribution in [0.15, 0.2) is 132 Å². The van der Waals surface area contributed by atoms with Crippen LogP contribution in [0.1, 0.15) is 164 Å². The predicted molar refractivity (Wildman–Crippen MR) is 443 cm³/mol. The average molecular weight is 1800 g/mol. The Morgan fingerprint density at radius 1 is 0.548 bits per heavy atom. The van der Waals surface area contributed by atoms with Gasteiger partial charge in [-0.15, -0.1) is 22.7 Å². The summed E-state index contributed by atoms with van der Waals surface area (Å²) in [5.74, 6) is -0.676. The number of carboxylic acid groups (broad SMARTS) is 1. The van der Waals surface area contributed by atoms with Gasteiger partial charge in [0.25, 0.3) is 0 Å². The summed E-state index contributed by atoms with van der Waals surface area (Å²) >= 11 is 24.6. The van der Waals surface area contributed by atoms with Gasteiger partial charge in [0.05, 0.1) is 109 Å². The van der Waals surface area contributed by atoms with Gasteiger partial charge in [-0.1, -0.05) is 89.4 Å². The van der Waals surface area contributed by atoms with Crippen LogP contribution < -0.4 is 0 Å². The van der Waals surface area contributed by atoms with Crippen molar-refractivity contribution in [2.24, 2.45) is 0 Å². The van der Waals surface area contributed by atoms with E-state index >= 15 is 0 Å². The molecule has 27 heteroatoms. The van der Waals surface area contributed by atoms with Crippen LogP contribution in [-0.4, -0.2) is 109 Å². The molecule has 0 amide bonds. The number of carbonyl (C=O) groups is 4. The Balaban J connectivity index is 0.000000431. The first-order valence-corrected chi connectivity index (χ1v) is 44.4. The van der Waals surface area contributed by atoms with Crippen molar-refractivity contribution >= 4 is 132 Å². The summed E-state index contributed by atoms with van der Waals surface area (Å²) in [6.45, 7) is 37.3. The van der Waals surface area contributed by atoms with E-state index in [-0.39, 0.29) is 94.1 Å². The third kappa shape index (κ3) is 32.8. The number of carbonyl (C=O) groups excluding carboxylic acids is 3. The first-order valence-electron chi connectivity index (χ1n) is 33.6. The second-order valence-electron chi connectivity index (χ2n) is 29.2. The van der Waals surface area contributed by atoms with E-state index in [0.29, 0.717) is 55.2 Å². The van der Waals surface area contributed by atoms with E-state index in [1.165, 1.54) is 81.2 Å². The smallest absolute Gasteiger partial charge is 2.00 e. The quantitative estimate of drug-likeness (QED) is 0.0551. The van der Waals surface area contributed by atoms with Gasteiger partial charge in [0.1, 0.15) is 11.6 Å². The zero-order chi connectivity index (χ0) is 75.0. The zero-order valence-electron chi connectivity index (χ0n) is 63.3. The van der Waals surface area contributed by atoms with Gasteiger partial charge in [-0.05, 0) is 196 Å². The van der Waals surface area contributed by atoms with E-state index < -0.39 is 5.97 Å². The Kier molecular flexibility index (Phi) is 42.6. The van der Waals surface area contributed by atoms with Gasteiger partial charge in [0.15, 0.2) is 17.3 Å². The van der Waals surface area contributed by atoms with Crippen LogP contribution in [-0.2, 0) is 84.8 Å². The Labute approximate surface area is 680 Å². The molecule has 2 saturated carbocycles. The maximum absolute atomic E-state index is 12.5. The fraction of sp³-hybridized carbons (Fsp3) is 0.455.